The van der Waals surface area contributed by atoms with Crippen molar-refractivity contribution >= 4 is 46.6 Å². The van der Waals surface area contributed by atoms with E-state index in [-0.39, 0.29) is 27.7 Å². The highest BCUT2D eigenvalue weighted by atomic mass is 32.1. The fourth-order valence-corrected chi connectivity index (χ4v) is 5.42. The molecule has 8 heteroatoms. The van der Waals surface area contributed by atoms with Crippen LogP contribution in [-0.2, 0) is 9.59 Å². The SMILES string of the molecule is CCOc1ccc(N2C(=O)/C(=C\c3cc4c(cc3F)N(CC)C(C)(C)CC4C)C(=O)NC2=S)cc1. The van der Waals surface area contributed by atoms with E-state index in [1.54, 1.807) is 30.3 Å². The van der Waals surface area contributed by atoms with Crippen LogP contribution in [0.25, 0.3) is 6.08 Å². The van der Waals surface area contributed by atoms with Crippen molar-refractivity contribution in [2.45, 2.75) is 52.5 Å². The van der Waals surface area contributed by atoms with Gasteiger partial charge in [-0.1, -0.05) is 6.92 Å². The predicted molar refractivity (Wildman–Crippen MR) is 140 cm³/mol. The second-order valence-electron chi connectivity index (χ2n) is 9.48. The van der Waals surface area contributed by atoms with Crippen LogP contribution >= 0.6 is 12.2 Å². The summed E-state index contributed by atoms with van der Waals surface area (Å²) in [5.41, 5.74) is 2.26. The van der Waals surface area contributed by atoms with Crippen LogP contribution in [0, 0.1) is 5.82 Å². The van der Waals surface area contributed by atoms with Crippen molar-refractivity contribution in [1.82, 2.24) is 5.32 Å². The average molecular weight is 496 g/mol. The number of nitrogens with zero attached hydrogens (tertiary/aromatic N) is 2. The number of thiocarbonyl (C=S) groups is 1. The van der Waals surface area contributed by atoms with Crippen LogP contribution in [0.5, 0.6) is 5.75 Å². The monoisotopic (exact) mass is 495 g/mol. The second-order valence-corrected chi connectivity index (χ2v) is 9.87. The van der Waals surface area contributed by atoms with Gasteiger partial charge in [-0.05, 0) is 100 Å². The summed E-state index contributed by atoms with van der Waals surface area (Å²) >= 11 is 5.27. The smallest absolute Gasteiger partial charge is 0.270 e. The lowest BCUT2D eigenvalue weighted by Gasteiger charge is -2.47. The maximum absolute atomic E-state index is 15.3. The Bertz CT molecular complexity index is 1220. The fourth-order valence-electron chi connectivity index (χ4n) is 5.14. The van der Waals surface area contributed by atoms with Crippen molar-refractivity contribution in [3.63, 3.8) is 0 Å². The van der Waals surface area contributed by atoms with Gasteiger partial charge in [0.05, 0.1) is 12.3 Å². The van der Waals surface area contributed by atoms with Crippen molar-refractivity contribution in [3.05, 3.63) is 58.9 Å². The van der Waals surface area contributed by atoms with Gasteiger partial charge in [0.25, 0.3) is 11.8 Å². The first-order valence-corrected chi connectivity index (χ1v) is 12.2. The molecule has 2 aliphatic heterocycles. The Morgan fingerprint density at radius 1 is 1.20 bits per heavy atom. The number of benzene rings is 2. The van der Waals surface area contributed by atoms with Crippen LogP contribution in [0.4, 0.5) is 15.8 Å². The molecule has 2 aromatic rings. The zero-order valence-corrected chi connectivity index (χ0v) is 21.5. The molecule has 0 saturated carbocycles. The third-order valence-corrected chi connectivity index (χ3v) is 6.91. The molecule has 6 nitrogen and oxygen atoms in total. The highest BCUT2D eigenvalue weighted by Gasteiger charge is 2.37. The standard InChI is InChI=1S/C27H30FN3O3S/c1-6-30-23-14-22(28)17(12-20(23)16(3)15-27(30,4)5)13-21-24(32)29-26(35)31(25(21)33)18-8-10-19(11-9-18)34-7-2/h8-14,16H,6-7,15H2,1-5H3,(H,29,32,35)/b21-13-. The van der Waals surface area contributed by atoms with E-state index in [1.807, 2.05) is 6.92 Å². The molecule has 0 spiro atoms. The summed E-state index contributed by atoms with van der Waals surface area (Å²) in [4.78, 5) is 29.5. The number of hydrogen-bond donors (Lipinski definition) is 1. The molecule has 1 N–H and O–H groups in total. The summed E-state index contributed by atoms with van der Waals surface area (Å²) in [7, 11) is 0. The van der Waals surface area contributed by atoms with Crippen molar-refractivity contribution in [2.24, 2.45) is 0 Å². The van der Waals surface area contributed by atoms with Gasteiger partial charge in [-0.25, -0.2) is 4.39 Å². The number of halogens is 1. The first-order chi connectivity index (χ1) is 16.6. The van der Waals surface area contributed by atoms with Crippen LogP contribution in [0.3, 0.4) is 0 Å². The molecule has 184 valence electrons. The van der Waals surface area contributed by atoms with E-state index in [9.17, 15) is 9.59 Å². The molecule has 2 aromatic carbocycles. The molecule has 1 saturated heterocycles. The lowest BCUT2D eigenvalue weighted by molar-refractivity contribution is -0.122. The number of amides is 2. The molecular weight excluding hydrogens is 465 g/mol. The first-order valence-electron chi connectivity index (χ1n) is 11.8. The Morgan fingerprint density at radius 3 is 2.51 bits per heavy atom. The molecule has 2 heterocycles. The highest BCUT2D eigenvalue weighted by Crippen LogP contribution is 2.44. The minimum atomic E-state index is -0.649. The molecule has 2 amide bonds. The molecule has 0 bridgehead atoms. The molecular formula is C27H30FN3O3S. The number of fused-ring (bicyclic) bond motifs is 1. The van der Waals surface area contributed by atoms with E-state index >= 15 is 4.39 Å². The van der Waals surface area contributed by atoms with Gasteiger partial charge in [0, 0.05) is 23.3 Å². The molecule has 0 aliphatic carbocycles. The number of carbonyl (C=O) groups is 2. The quantitative estimate of drug-likeness (QED) is 0.352. The molecule has 4 rings (SSSR count). The molecule has 1 atom stereocenters. The van der Waals surface area contributed by atoms with Gasteiger partial charge in [0.1, 0.15) is 17.1 Å². The van der Waals surface area contributed by atoms with Gasteiger partial charge < -0.3 is 9.64 Å². The molecule has 1 fully saturated rings. The largest absolute Gasteiger partial charge is 0.494 e. The van der Waals surface area contributed by atoms with E-state index in [0.29, 0.717) is 18.0 Å². The Morgan fingerprint density at radius 2 is 1.89 bits per heavy atom. The Balaban J connectivity index is 1.73. The lowest BCUT2D eigenvalue weighted by atomic mass is 9.79. The van der Waals surface area contributed by atoms with Crippen LogP contribution < -0.4 is 19.9 Å². The van der Waals surface area contributed by atoms with Gasteiger partial charge in [0.15, 0.2) is 5.11 Å². The normalized spacial score (nSPS) is 20.7. The summed E-state index contributed by atoms with van der Waals surface area (Å²) in [6.07, 6.45) is 2.23. The molecule has 0 radical (unpaired) electrons. The topological polar surface area (TPSA) is 61.9 Å². The summed E-state index contributed by atoms with van der Waals surface area (Å²) in [5.74, 6) is -0.889. The van der Waals surface area contributed by atoms with E-state index in [0.717, 1.165) is 24.2 Å². The van der Waals surface area contributed by atoms with Gasteiger partial charge in [0.2, 0.25) is 0 Å². The first kappa shape index (κ1) is 24.9. The minimum Gasteiger partial charge on any atom is -0.494 e. The number of anilines is 2. The Hall–Kier alpha value is -3.26. The highest BCUT2D eigenvalue weighted by molar-refractivity contribution is 7.80. The summed E-state index contributed by atoms with van der Waals surface area (Å²) in [6.45, 7) is 11.6. The fraction of sp³-hybridized carbons (Fsp3) is 0.370. The van der Waals surface area contributed by atoms with Crippen molar-refractivity contribution in [2.75, 3.05) is 23.0 Å². The van der Waals surface area contributed by atoms with Gasteiger partial charge >= 0.3 is 0 Å². The summed E-state index contributed by atoms with van der Waals surface area (Å²) in [5, 5.41) is 2.53. The minimum absolute atomic E-state index is 0.0262. The van der Waals surface area contributed by atoms with Gasteiger partial charge in [-0.2, -0.15) is 0 Å². The van der Waals surface area contributed by atoms with Crippen LogP contribution in [-0.4, -0.2) is 35.6 Å². The Kier molecular flexibility index (Phi) is 6.68. The van der Waals surface area contributed by atoms with Crippen molar-refractivity contribution in [3.8, 4) is 5.75 Å². The zero-order chi connectivity index (χ0) is 25.5. The lowest BCUT2D eigenvalue weighted by Crippen LogP contribution is -2.54. The molecule has 35 heavy (non-hydrogen) atoms. The number of ether oxygens (including phenoxy) is 1. The molecule has 2 aliphatic rings. The Labute approximate surface area is 210 Å². The predicted octanol–water partition coefficient (Wildman–Crippen LogP) is 5.17. The third-order valence-electron chi connectivity index (χ3n) is 6.63. The maximum atomic E-state index is 15.3. The summed E-state index contributed by atoms with van der Waals surface area (Å²) < 4.78 is 20.8. The van der Waals surface area contributed by atoms with Crippen LogP contribution in [0.1, 0.15) is 58.1 Å². The average Bonchev–Trinajstić information content (AvgIpc) is 2.78. The van der Waals surface area contributed by atoms with E-state index in [1.165, 1.54) is 17.0 Å². The van der Waals surface area contributed by atoms with Crippen molar-refractivity contribution in [1.29, 1.82) is 0 Å². The number of hydrogen-bond acceptors (Lipinski definition) is 5. The van der Waals surface area contributed by atoms with E-state index in [4.69, 9.17) is 17.0 Å². The van der Waals surface area contributed by atoms with Crippen molar-refractivity contribution < 1.29 is 18.7 Å². The summed E-state index contributed by atoms with van der Waals surface area (Å²) in [6, 6.07) is 10.1. The van der Waals surface area contributed by atoms with Crippen LogP contribution in [0.15, 0.2) is 42.0 Å². The maximum Gasteiger partial charge on any atom is 0.270 e. The number of rotatable bonds is 5. The zero-order valence-electron chi connectivity index (χ0n) is 20.6. The van der Waals surface area contributed by atoms with E-state index < -0.39 is 17.6 Å². The second kappa shape index (κ2) is 9.41. The van der Waals surface area contributed by atoms with E-state index in [2.05, 4.69) is 37.9 Å². The third kappa shape index (κ3) is 4.55. The van der Waals surface area contributed by atoms with Gasteiger partial charge in [-0.3, -0.25) is 19.8 Å². The van der Waals surface area contributed by atoms with Gasteiger partial charge in [-0.15, -0.1) is 0 Å². The number of nitrogens with one attached hydrogen (secondary N) is 1. The van der Waals surface area contributed by atoms with Crippen LogP contribution in [0.2, 0.25) is 0 Å². The molecule has 0 aromatic heterocycles. The number of carbonyl (C=O) groups excluding carboxylic acids is 2. The molecule has 1 unspecified atom stereocenters.